The van der Waals surface area contributed by atoms with Crippen molar-refractivity contribution in [2.75, 3.05) is 6.54 Å². The van der Waals surface area contributed by atoms with Gasteiger partial charge in [-0.2, -0.15) is 0 Å². The van der Waals surface area contributed by atoms with Crippen molar-refractivity contribution in [3.63, 3.8) is 0 Å². The SMILES string of the molecule is Cl.Cl.NCC1(NC(=O)c2cc(C3CC3)nc3ccccc23)CCCC1. The molecule has 0 spiro atoms. The van der Waals surface area contributed by atoms with Crippen molar-refractivity contribution in [3.8, 4) is 0 Å². The molecule has 4 rings (SSSR count). The van der Waals surface area contributed by atoms with Gasteiger partial charge in [0.05, 0.1) is 16.6 Å². The molecule has 2 aliphatic carbocycles. The van der Waals surface area contributed by atoms with E-state index in [1.165, 1.54) is 12.8 Å². The summed E-state index contributed by atoms with van der Waals surface area (Å²) in [5, 5.41) is 4.18. The molecule has 4 nitrogen and oxygen atoms in total. The summed E-state index contributed by atoms with van der Waals surface area (Å²) < 4.78 is 0. The summed E-state index contributed by atoms with van der Waals surface area (Å²) in [6, 6.07) is 9.91. The summed E-state index contributed by atoms with van der Waals surface area (Å²) in [5.41, 5.74) is 8.47. The van der Waals surface area contributed by atoms with Gasteiger partial charge in [-0.05, 0) is 37.8 Å². The Morgan fingerprint density at radius 1 is 1.20 bits per heavy atom. The highest BCUT2D eigenvalue weighted by Crippen LogP contribution is 2.40. The summed E-state index contributed by atoms with van der Waals surface area (Å²) in [7, 11) is 0. The van der Waals surface area contributed by atoms with Crippen LogP contribution in [0.2, 0.25) is 0 Å². The topological polar surface area (TPSA) is 68.0 Å². The largest absolute Gasteiger partial charge is 0.345 e. The van der Waals surface area contributed by atoms with Crippen LogP contribution in [0.15, 0.2) is 30.3 Å². The van der Waals surface area contributed by atoms with E-state index < -0.39 is 0 Å². The van der Waals surface area contributed by atoms with Gasteiger partial charge in [-0.25, -0.2) is 0 Å². The zero-order chi connectivity index (χ0) is 15.9. The molecule has 0 aliphatic heterocycles. The van der Waals surface area contributed by atoms with Crippen LogP contribution in [0.4, 0.5) is 0 Å². The van der Waals surface area contributed by atoms with Gasteiger partial charge in [-0.1, -0.05) is 31.0 Å². The highest BCUT2D eigenvalue weighted by atomic mass is 35.5. The van der Waals surface area contributed by atoms with Gasteiger partial charge in [-0.15, -0.1) is 24.8 Å². The lowest BCUT2D eigenvalue weighted by Gasteiger charge is -2.29. The summed E-state index contributed by atoms with van der Waals surface area (Å²) in [6.45, 7) is 0.511. The standard InChI is InChI=1S/C19H23N3O.2ClH/c20-12-19(9-3-4-10-19)22-18(23)15-11-17(13-7-8-13)21-16-6-2-1-5-14(15)16;;/h1-2,5-6,11,13H,3-4,7-10,12,20H2,(H,22,23);2*1H. The van der Waals surface area contributed by atoms with Gasteiger partial charge >= 0.3 is 0 Å². The molecule has 2 fully saturated rings. The Morgan fingerprint density at radius 2 is 1.88 bits per heavy atom. The first-order chi connectivity index (χ1) is 11.2. The highest BCUT2D eigenvalue weighted by Gasteiger charge is 2.35. The molecule has 1 heterocycles. The number of hydrogen-bond acceptors (Lipinski definition) is 3. The van der Waals surface area contributed by atoms with Crippen LogP contribution in [0.25, 0.3) is 10.9 Å². The van der Waals surface area contributed by atoms with Gasteiger partial charge in [-0.3, -0.25) is 9.78 Å². The summed E-state index contributed by atoms with van der Waals surface area (Å²) in [6.07, 6.45) is 6.60. The maximum atomic E-state index is 13.0. The fourth-order valence-electron chi connectivity index (χ4n) is 3.71. The summed E-state index contributed by atoms with van der Waals surface area (Å²) in [4.78, 5) is 17.7. The number of nitrogens with one attached hydrogen (secondary N) is 1. The first-order valence-corrected chi connectivity index (χ1v) is 8.63. The van der Waals surface area contributed by atoms with Gasteiger partial charge in [0.1, 0.15) is 0 Å². The van der Waals surface area contributed by atoms with E-state index in [4.69, 9.17) is 10.7 Å². The fourth-order valence-corrected chi connectivity index (χ4v) is 3.71. The summed E-state index contributed by atoms with van der Waals surface area (Å²) >= 11 is 0. The van der Waals surface area contributed by atoms with E-state index in [2.05, 4.69) is 5.32 Å². The highest BCUT2D eigenvalue weighted by molar-refractivity contribution is 6.06. The van der Waals surface area contributed by atoms with Gasteiger partial charge in [0.15, 0.2) is 0 Å². The Hall–Kier alpha value is -1.36. The predicted octanol–water partition coefficient (Wildman–Crippen LogP) is 3.96. The monoisotopic (exact) mass is 381 g/mol. The van der Waals surface area contributed by atoms with Crippen molar-refractivity contribution in [1.82, 2.24) is 10.3 Å². The van der Waals surface area contributed by atoms with E-state index in [9.17, 15) is 4.79 Å². The summed E-state index contributed by atoms with van der Waals surface area (Å²) in [5.74, 6) is 0.527. The molecule has 0 saturated heterocycles. The first kappa shape index (κ1) is 20.0. The van der Waals surface area contributed by atoms with Crippen molar-refractivity contribution in [2.45, 2.75) is 50.0 Å². The maximum absolute atomic E-state index is 13.0. The van der Waals surface area contributed by atoms with E-state index in [0.717, 1.165) is 47.8 Å². The number of carbonyl (C=O) groups excluding carboxylic acids is 1. The van der Waals surface area contributed by atoms with Crippen LogP contribution < -0.4 is 11.1 Å². The molecular weight excluding hydrogens is 357 g/mol. The maximum Gasteiger partial charge on any atom is 0.252 e. The second-order valence-electron chi connectivity index (χ2n) is 7.03. The molecule has 0 radical (unpaired) electrons. The molecule has 6 heteroatoms. The number of benzene rings is 1. The fraction of sp³-hybridized carbons (Fsp3) is 0.474. The average molecular weight is 382 g/mol. The number of fused-ring (bicyclic) bond motifs is 1. The molecule has 2 saturated carbocycles. The minimum atomic E-state index is -0.221. The second-order valence-corrected chi connectivity index (χ2v) is 7.03. The van der Waals surface area contributed by atoms with Gasteiger partial charge in [0.2, 0.25) is 0 Å². The van der Waals surface area contributed by atoms with E-state index >= 15 is 0 Å². The van der Waals surface area contributed by atoms with Crippen molar-refractivity contribution < 1.29 is 4.79 Å². The Morgan fingerprint density at radius 3 is 2.52 bits per heavy atom. The molecule has 0 bridgehead atoms. The lowest BCUT2D eigenvalue weighted by molar-refractivity contribution is 0.0904. The van der Waals surface area contributed by atoms with Crippen LogP contribution in [-0.4, -0.2) is 23.0 Å². The number of para-hydroxylation sites is 1. The van der Waals surface area contributed by atoms with Crippen LogP contribution in [-0.2, 0) is 0 Å². The number of hydrogen-bond donors (Lipinski definition) is 2. The van der Waals surface area contributed by atoms with Crippen molar-refractivity contribution in [3.05, 3.63) is 41.6 Å². The Bertz CT molecular complexity index is 755. The molecule has 3 N–H and O–H groups in total. The zero-order valence-corrected chi connectivity index (χ0v) is 15.8. The number of aromatic nitrogens is 1. The minimum absolute atomic E-state index is 0. The number of amides is 1. The molecule has 2 aliphatic rings. The van der Waals surface area contributed by atoms with E-state index in [1.54, 1.807) is 0 Å². The quantitative estimate of drug-likeness (QED) is 0.841. The molecule has 1 aromatic heterocycles. The Labute approximate surface area is 160 Å². The van der Waals surface area contributed by atoms with Crippen LogP contribution in [0.1, 0.15) is 60.5 Å². The number of halogens is 2. The normalized spacial score (nSPS) is 18.3. The van der Waals surface area contributed by atoms with Crippen LogP contribution in [0, 0.1) is 0 Å². The van der Waals surface area contributed by atoms with E-state index in [1.807, 2.05) is 30.3 Å². The second kappa shape index (κ2) is 7.90. The van der Waals surface area contributed by atoms with E-state index in [-0.39, 0.29) is 36.3 Å². The third-order valence-corrected chi connectivity index (χ3v) is 5.31. The van der Waals surface area contributed by atoms with E-state index in [0.29, 0.717) is 12.5 Å². The number of carbonyl (C=O) groups is 1. The predicted molar refractivity (Wildman–Crippen MR) is 106 cm³/mol. The lowest BCUT2D eigenvalue weighted by atomic mass is 9.96. The number of pyridine rings is 1. The molecule has 136 valence electrons. The molecule has 1 amide bonds. The third-order valence-electron chi connectivity index (χ3n) is 5.31. The Balaban J connectivity index is 0.00000113. The number of nitrogens with zero attached hydrogens (tertiary/aromatic N) is 1. The van der Waals surface area contributed by atoms with Gasteiger partial charge in [0, 0.05) is 23.5 Å². The number of rotatable bonds is 4. The Kier molecular flexibility index (Phi) is 6.30. The average Bonchev–Trinajstić information content (AvgIpc) is 3.34. The van der Waals surface area contributed by atoms with Crippen LogP contribution in [0.3, 0.4) is 0 Å². The van der Waals surface area contributed by atoms with Crippen LogP contribution >= 0.6 is 24.8 Å². The van der Waals surface area contributed by atoms with Crippen molar-refractivity contribution in [1.29, 1.82) is 0 Å². The molecule has 2 aromatic rings. The molecule has 0 atom stereocenters. The smallest absolute Gasteiger partial charge is 0.252 e. The van der Waals surface area contributed by atoms with Gasteiger partial charge in [0.25, 0.3) is 5.91 Å². The van der Waals surface area contributed by atoms with Gasteiger partial charge < -0.3 is 11.1 Å². The van der Waals surface area contributed by atoms with Crippen molar-refractivity contribution in [2.24, 2.45) is 5.73 Å². The molecule has 0 unspecified atom stereocenters. The van der Waals surface area contributed by atoms with Crippen LogP contribution in [0.5, 0.6) is 0 Å². The third kappa shape index (κ3) is 3.91. The lowest BCUT2D eigenvalue weighted by Crippen LogP contribution is -2.51. The minimum Gasteiger partial charge on any atom is -0.345 e. The molecular formula is C19H25Cl2N3O. The zero-order valence-electron chi connectivity index (χ0n) is 14.2. The number of nitrogens with two attached hydrogens (primary N) is 1. The first-order valence-electron chi connectivity index (χ1n) is 8.63. The molecule has 25 heavy (non-hydrogen) atoms. The van der Waals surface area contributed by atoms with Crippen molar-refractivity contribution >= 4 is 41.6 Å². The molecule has 1 aromatic carbocycles.